The molecule has 1 aliphatic carbocycles. The molecule has 0 aromatic heterocycles. The summed E-state index contributed by atoms with van der Waals surface area (Å²) >= 11 is 0. The van der Waals surface area contributed by atoms with Crippen LogP contribution in [0.1, 0.15) is 53.4 Å². The fraction of sp³-hybridized carbons (Fsp3) is 0.625. The third kappa shape index (κ3) is 7.42. The molecule has 0 heterocycles. The summed E-state index contributed by atoms with van der Waals surface area (Å²) in [4.78, 5) is 12.5. The zero-order valence-electron chi connectivity index (χ0n) is 19.1. The van der Waals surface area contributed by atoms with E-state index in [0.717, 1.165) is 24.0 Å². The Bertz CT molecular complexity index is 700. The van der Waals surface area contributed by atoms with E-state index < -0.39 is 12.2 Å². The van der Waals surface area contributed by atoms with Gasteiger partial charge in [0.05, 0.1) is 26.9 Å². The van der Waals surface area contributed by atoms with Crippen LogP contribution in [-0.2, 0) is 14.3 Å². The van der Waals surface area contributed by atoms with Crippen LogP contribution in [0.3, 0.4) is 0 Å². The number of hydrogen-bond acceptors (Lipinski definition) is 6. The minimum atomic E-state index is -0.874. The highest BCUT2D eigenvalue weighted by molar-refractivity contribution is 5.97. The first kappa shape index (κ1) is 26.1. The van der Waals surface area contributed by atoms with Crippen molar-refractivity contribution in [3.8, 4) is 0 Å². The van der Waals surface area contributed by atoms with Crippen LogP contribution in [0.15, 0.2) is 46.5 Å². The number of ether oxygens (including phenoxy) is 2. The number of carbonyl (C=O) groups is 1. The van der Waals surface area contributed by atoms with E-state index in [1.54, 1.807) is 13.0 Å². The maximum Gasteiger partial charge on any atom is 0.204 e. The molecule has 1 aliphatic rings. The van der Waals surface area contributed by atoms with Crippen molar-refractivity contribution in [1.82, 2.24) is 0 Å². The summed E-state index contributed by atoms with van der Waals surface area (Å²) < 4.78 is 10.4. The molecule has 0 radical (unpaired) electrons. The van der Waals surface area contributed by atoms with E-state index >= 15 is 0 Å². The van der Waals surface area contributed by atoms with E-state index in [2.05, 4.69) is 12.2 Å². The van der Waals surface area contributed by atoms with Gasteiger partial charge in [-0.3, -0.25) is 4.79 Å². The number of ketones is 1. The first-order chi connectivity index (χ1) is 14.2. The molecule has 0 saturated heterocycles. The number of allylic oxidation sites excluding steroid dienone is 4. The van der Waals surface area contributed by atoms with Crippen LogP contribution < -0.4 is 0 Å². The Hall–Kier alpha value is -1.89. The number of aliphatic hydroxyl groups is 3. The fourth-order valence-electron chi connectivity index (χ4n) is 3.71. The zero-order chi connectivity index (χ0) is 22.8. The Kier molecular flexibility index (Phi) is 11.1. The summed E-state index contributed by atoms with van der Waals surface area (Å²) in [5, 5.41) is 29.7. The second-order valence-electron chi connectivity index (χ2n) is 8.18. The van der Waals surface area contributed by atoms with Gasteiger partial charge in [0, 0.05) is 11.8 Å². The van der Waals surface area contributed by atoms with Crippen molar-refractivity contribution in [2.75, 3.05) is 20.8 Å². The molecule has 0 spiro atoms. The summed E-state index contributed by atoms with van der Waals surface area (Å²) in [5.74, 6) is -0.425. The molecule has 0 unspecified atom stereocenters. The molecule has 170 valence electrons. The van der Waals surface area contributed by atoms with E-state index in [0.29, 0.717) is 12.8 Å². The Morgan fingerprint density at radius 2 is 1.77 bits per heavy atom. The van der Waals surface area contributed by atoms with Crippen LogP contribution in [0.5, 0.6) is 0 Å². The predicted molar refractivity (Wildman–Crippen MR) is 118 cm³/mol. The highest BCUT2D eigenvalue weighted by Gasteiger charge is 2.42. The van der Waals surface area contributed by atoms with Crippen LogP contribution in [0.2, 0.25) is 0 Å². The van der Waals surface area contributed by atoms with Gasteiger partial charge < -0.3 is 24.8 Å². The molecule has 0 bridgehead atoms. The summed E-state index contributed by atoms with van der Waals surface area (Å²) in [5.41, 5.74) is 3.04. The number of hydrogen-bond donors (Lipinski definition) is 3. The van der Waals surface area contributed by atoms with Gasteiger partial charge in [-0.15, -0.1) is 0 Å². The highest BCUT2D eigenvalue weighted by Crippen LogP contribution is 2.35. The maximum atomic E-state index is 12.5. The summed E-state index contributed by atoms with van der Waals surface area (Å²) in [6.45, 7) is 7.59. The number of aliphatic hydroxyl groups excluding tert-OH is 3. The van der Waals surface area contributed by atoms with Gasteiger partial charge in [-0.2, -0.15) is 0 Å². The van der Waals surface area contributed by atoms with Gasteiger partial charge in [0.15, 0.2) is 5.76 Å². The van der Waals surface area contributed by atoms with Gasteiger partial charge in [-0.05, 0) is 52.0 Å². The second-order valence-corrected chi connectivity index (χ2v) is 8.18. The molecular formula is C24H38O6. The Morgan fingerprint density at radius 1 is 1.10 bits per heavy atom. The lowest BCUT2D eigenvalue weighted by molar-refractivity contribution is -0.128. The van der Waals surface area contributed by atoms with Crippen LogP contribution in [0.25, 0.3) is 0 Å². The molecule has 0 saturated carbocycles. The quantitative estimate of drug-likeness (QED) is 0.442. The second kappa shape index (κ2) is 12.7. The molecule has 0 fully saturated rings. The van der Waals surface area contributed by atoms with Crippen molar-refractivity contribution in [2.24, 2.45) is 11.8 Å². The average Bonchev–Trinajstić information content (AvgIpc) is 2.69. The van der Waals surface area contributed by atoms with Crippen LogP contribution in [0.4, 0.5) is 0 Å². The Balaban J connectivity index is 2.65. The molecule has 0 amide bonds. The molecular weight excluding hydrogens is 384 g/mol. The topological polar surface area (TPSA) is 96.2 Å². The minimum absolute atomic E-state index is 0.0435. The molecule has 4 atom stereocenters. The van der Waals surface area contributed by atoms with Crippen molar-refractivity contribution in [3.05, 3.63) is 46.5 Å². The lowest BCUT2D eigenvalue weighted by Gasteiger charge is -2.33. The SMILES string of the molecule is COC1=C(OC)[C@H](O)[C@H](C/C=C(\C)CC/C=C(\C)C[C@H](O)/C=C(\C)CO)[C@@H](C)C1=O. The van der Waals surface area contributed by atoms with Crippen molar-refractivity contribution < 1.29 is 29.6 Å². The van der Waals surface area contributed by atoms with Gasteiger partial charge >= 0.3 is 0 Å². The largest absolute Gasteiger partial charge is 0.494 e. The van der Waals surface area contributed by atoms with Gasteiger partial charge in [-0.25, -0.2) is 0 Å². The molecule has 6 heteroatoms. The standard InChI is InChI=1S/C24H38O6/c1-15(8-7-9-16(2)12-19(26)13-17(3)14-25)10-11-20-18(4)21(27)23(29-5)24(30-6)22(20)28/h9-10,13,18-20,22,25-26,28H,7-8,11-12,14H2,1-6H3/b15-10+,16-9+,17-13+/t18-,19+,20-,22-/m1/s1. The molecule has 0 aromatic carbocycles. The van der Waals surface area contributed by atoms with E-state index in [-0.39, 0.29) is 35.7 Å². The number of rotatable bonds is 11. The third-order valence-corrected chi connectivity index (χ3v) is 5.63. The van der Waals surface area contributed by atoms with E-state index in [4.69, 9.17) is 14.6 Å². The molecule has 30 heavy (non-hydrogen) atoms. The fourth-order valence-corrected chi connectivity index (χ4v) is 3.71. The molecule has 6 nitrogen and oxygen atoms in total. The van der Waals surface area contributed by atoms with Crippen molar-refractivity contribution in [3.63, 3.8) is 0 Å². The zero-order valence-corrected chi connectivity index (χ0v) is 19.1. The Labute approximate surface area is 180 Å². The summed E-state index contributed by atoms with van der Waals surface area (Å²) in [7, 11) is 2.85. The van der Waals surface area contributed by atoms with Crippen molar-refractivity contribution in [1.29, 1.82) is 0 Å². The monoisotopic (exact) mass is 422 g/mol. The summed E-state index contributed by atoms with van der Waals surface area (Å²) in [6, 6.07) is 0. The number of methoxy groups -OCH3 is 2. The van der Waals surface area contributed by atoms with Crippen LogP contribution >= 0.6 is 0 Å². The molecule has 0 aromatic rings. The average molecular weight is 423 g/mol. The maximum absolute atomic E-state index is 12.5. The molecule has 1 rings (SSSR count). The molecule has 3 N–H and O–H groups in total. The normalized spacial score (nSPS) is 24.9. The predicted octanol–water partition coefficient (Wildman–Crippen LogP) is 3.44. The van der Waals surface area contributed by atoms with Gasteiger partial charge in [-0.1, -0.05) is 36.3 Å². The molecule has 0 aliphatic heterocycles. The minimum Gasteiger partial charge on any atom is -0.494 e. The van der Waals surface area contributed by atoms with Gasteiger partial charge in [0.1, 0.15) is 6.10 Å². The van der Waals surface area contributed by atoms with Crippen LogP contribution in [0, 0.1) is 11.8 Å². The lowest BCUT2D eigenvalue weighted by atomic mass is 9.77. The number of Topliss-reactive ketones (excluding diaryl/α,β-unsaturated/α-hetero) is 1. The lowest BCUT2D eigenvalue weighted by Crippen LogP contribution is -2.40. The Morgan fingerprint density at radius 3 is 2.33 bits per heavy atom. The van der Waals surface area contributed by atoms with E-state index in [1.165, 1.54) is 19.8 Å². The summed E-state index contributed by atoms with van der Waals surface area (Å²) in [6.07, 6.45) is 7.24. The van der Waals surface area contributed by atoms with Gasteiger partial charge in [0.25, 0.3) is 0 Å². The smallest absolute Gasteiger partial charge is 0.204 e. The van der Waals surface area contributed by atoms with E-state index in [9.17, 15) is 15.0 Å². The number of carbonyl (C=O) groups excluding carboxylic acids is 1. The first-order valence-corrected chi connectivity index (χ1v) is 10.5. The van der Waals surface area contributed by atoms with Gasteiger partial charge in [0.2, 0.25) is 11.5 Å². The first-order valence-electron chi connectivity index (χ1n) is 10.5. The third-order valence-electron chi connectivity index (χ3n) is 5.63. The van der Waals surface area contributed by atoms with Crippen LogP contribution in [-0.4, -0.2) is 54.1 Å². The highest BCUT2D eigenvalue weighted by atomic mass is 16.5. The van der Waals surface area contributed by atoms with E-state index in [1.807, 2.05) is 20.8 Å². The van der Waals surface area contributed by atoms with Crippen molar-refractivity contribution in [2.45, 2.75) is 65.6 Å². The van der Waals surface area contributed by atoms with Crippen molar-refractivity contribution >= 4 is 5.78 Å².